The molecular weight excluding hydrogens is 248 g/mol. The summed E-state index contributed by atoms with van der Waals surface area (Å²) in [4.78, 5) is 0. The van der Waals surface area contributed by atoms with Crippen molar-refractivity contribution >= 4 is 5.69 Å². The molecule has 2 aromatic carbocycles. The molecule has 3 nitrogen and oxygen atoms in total. The summed E-state index contributed by atoms with van der Waals surface area (Å²) in [6.45, 7) is 2.08. The summed E-state index contributed by atoms with van der Waals surface area (Å²) < 4.78 is 5.33. The van der Waals surface area contributed by atoms with Gasteiger partial charge >= 0.3 is 0 Å². The van der Waals surface area contributed by atoms with Gasteiger partial charge in [0.15, 0.2) is 0 Å². The minimum absolute atomic E-state index is 0.285. The highest BCUT2D eigenvalue weighted by Gasteiger charge is 2.15. The summed E-state index contributed by atoms with van der Waals surface area (Å²) in [6, 6.07) is 15.7. The van der Waals surface area contributed by atoms with E-state index in [0.717, 1.165) is 28.9 Å². The van der Waals surface area contributed by atoms with Gasteiger partial charge in [0.05, 0.1) is 19.1 Å². The van der Waals surface area contributed by atoms with Crippen molar-refractivity contribution in [1.29, 1.82) is 5.26 Å². The lowest BCUT2D eigenvalue weighted by atomic mass is 9.91. The van der Waals surface area contributed by atoms with Gasteiger partial charge in [0.1, 0.15) is 5.75 Å². The molecule has 0 saturated carbocycles. The van der Waals surface area contributed by atoms with Crippen LogP contribution < -0.4 is 10.5 Å². The summed E-state index contributed by atoms with van der Waals surface area (Å²) in [5.41, 5.74) is 9.44. The molecule has 0 radical (unpaired) electrons. The highest BCUT2D eigenvalue weighted by molar-refractivity contribution is 5.47. The van der Waals surface area contributed by atoms with Crippen molar-refractivity contribution in [2.45, 2.75) is 19.3 Å². The van der Waals surface area contributed by atoms with Crippen LogP contribution in [-0.4, -0.2) is 7.11 Å². The van der Waals surface area contributed by atoms with Gasteiger partial charge in [0, 0.05) is 5.69 Å². The van der Waals surface area contributed by atoms with Gasteiger partial charge in [0.25, 0.3) is 0 Å². The lowest BCUT2D eigenvalue weighted by Crippen LogP contribution is -2.01. The number of hydrogen-bond donors (Lipinski definition) is 1. The molecule has 0 bridgehead atoms. The van der Waals surface area contributed by atoms with Crippen molar-refractivity contribution in [2.75, 3.05) is 12.8 Å². The molecule has 102 valence electrons. The number of anilines is 1. The summed E-state index contributed by atoms with van der Waals surface area (Å²) in [6.07, 6.45) is 0.872. The van der Waals surface area contributed by atoms with Crippen LogP contribution in [0.3, 0.4) is 0 Å². The van der Waals surface area contributed by atoms with Gasteiger partial charge in [0.2, 0.25) is 0 Å². The van der Waals surface area contributed by atoms with E-state index in [4.69, 9.17) is 10.5 Å². The number of rotatable bonds is 4. The van der Waals surface area contributed by atoms with E-state index in [2.05, 4.69) is 13.0 Å². The third-order valence-corrected chi connectivity index (χ3v) is 3.42. The first kappa shape index (κ1) is 14.0. The number of hydrogen-bond acceptors (Lipinski definition) is 3. The Morgan fingerprint density at radius 2 is 1.80 bits per heavy atom. The number of benzene rings is 2. The normalized spacial score (nSPS) is 11.7. The van der Waals surface area contributed by atoms with E-state index >= 15 is 0 Å². The van der Waals surface area contributed by atoms with E-state index in [0.29, 0.717) is 5.69 Å². The Kier molecular flexibility index (Phi) is 4.27. The molecule has 2 N–H and O–H groups in total. The van der Waals surface area contributed by atoms with Crippen LogP contribution in [0.25, 0.3) is 0 Å². The van der Waals surface area contributed by atoms with Gasteiger partial charge in [-0.05, 0) is 41.3 Å². The maximum Gasteiger partial charge on any atom is 0.122 e. The van der Waals surface area contributed by atoms with Crippen LogP contribution in [0, 0.1) is 11.3 Å². The fraction of sp³-hybridized carbons (Fsp3) is 0.235. The molecule has 0 spiro atoms. The molecule has 0 fully saturated rings. The lowest BCUT2D eigenvalue weighted by Gasteiger charge is -2.14. The second-order valence-corrected chi connectivity index (χ2v) is 4.65. The minimum atomic E-state index is -0.285. The van der Waals surface area contributed by atoms with Crippen molar-refractivity contribution in [1.82, 2.24) is 0 Å². The molecule has 2 aromatic rings. The number of aryl methyl sites for hydroxylation is 1. The Hall–Kier alpha value is -2.47. The Bertz CT molecular complexity index is 626. The molecule has 0 aliphatic carbocycles. The predicted octanol–water partition coefficient (Wildman–Crippen LogP) is 3.50. The smallest absolute Gasteiger partial charge is 0.122 e. The average Bonchev–Trinajstić information content (AvgIpc) is 2.49. The monoisotopic (exact) mass is 266 g/mol. The second kappa shape index (κ2) is 6.12. The van der Waals surface area contributed by atoms with Crippen LogP contribution in [0.1, 0.15) is 29.5 Å². The quantitative estimate of drug-likeness (QED) is 0.862. The number of nitriles is 1. The predicted molar refractivity (Wildman–Crippen MR) is 80.7 cm³/mol. The van der Waals surface area contributed by atoms with E-state index in [1.165, 1.54) is 0 Å². The van der Waals surface area contributed by atoms with Crippen LogP contribution in [0.2, 0.25) is 0 Å². The summed E-state index contributed by atoms with van der Waals surface area (Å²) in [5.74, 6) is 0.581. The van der Waals surface area contributed by atoms with E-state index in [1.54, 1.807) is 7.11 Å². The molecular formula is C17H18N2O. The summed E-state index contributed by atoms with van der Waals surface area (Å²) >= 11 is 0. The maximum absolute atomic E-state index is 9.48. The molecule has 0 heterocycles. The van der Waals surface area contributed by atoms with Crippen LogP contribution in [0.15, 0.2) is 42.5 Å². The first-order valence-electron chi connectivity index (χ1n) is 6.61. The van der Waals surface area contributed by atoms with Crippen molar-refractivity contribution in [2.24, 2.45) is 0 Å². The Balaban J connectivity index is 2.42. The molecule has 0 amide bonds. The van der Waals surface area contributed by atoms with Crippen LogP contribution in [0.4, 0.5) is 5.69 Å². The van der Waals surface area contributed by atoms with E-state index in [1.807, 2.05) is 42.5 Å². The Morgan fingerprint density at radius 1 is 1.15 bits per heavy atom. The fourth-order valence-corrected chi connectivity index (χ4v) is 2.28. The summed E-state index contributed by atoms with van der Waals surface area (Å²) in [7, 11) is 1.66. The standard InChI is InChI=1S/C17H18N2O/c1-3-12-10-14(6-9-17(12)20-2)16(11-18)13-4-7-15(19)8-5-13/h4-10,16H,3,19H2,1-2H3. The van der Waals surface area contributed by atoms with Crippen LogP contribution >= 0.6 is 0 Å². The maximum atomic E-state index is 9.48. The van der Waals surface area contributed by atoms with Crippen molar-refractivity contribution in [3.63, 3.8) is 0 Å². The first-order valence-corrected chi connectivity index (χ1v) is 6.61. The highest BCUT2D eigenvalue weighted by atomic mass is 16.5. The molecule has 3 heteroatoms. The number of ether oxygens (including phenoxy) is 1. The Labute approximate surface area is 119 Å². The third kappa shape index (κ3) is 2.75. The van der Waals surface area contributed by atoms with Gasteiger partial charge in [-0.25, -0.2) is 0 Å². The van der Waals surface area contributed by atoms with Crippen molar-refractivity contribution in [3.8, 4) is 11.8 Å². The third-order valence-electron chi connectivity index (χ3n) is 3.42. The van der Waals surface area contributed by atoms with E-state index in [9.17, 15) is 5.26 Å². The van der Waals surface area contributed by atoms with Crippen molar-refractivity contribution in [3.05, 3.63) is 59.2 Å². The molecule has 0 aliphatic heterocycles. The van der Waals surface area contributed by atoms with Gasteiger partial charge in [-0.15, -0.1) is 0 Å². The Morgan fingerprint density at radius 3 is 2.35 bits per heavy atom. The van der Waals surface area contributed by atoms with Gasteiger partial charge in [-0.1, -0.05) is 31.2 Å². The molecule has 0 saturated heterocycles. The molecule has 1 unspecified atom stereocenters. The highest BCUT2D eigenvalue weighted by Crippen LogP contribution is 2.29. The van der Waals surface area contributed by atoms with Crippen LogP contribution in [-0.2, 0) is 6.42 Å². The zero-order valence-corrected chi connectivity index (χ0v) is 11.8. The first-order chi connectivity index (χ1) is 9.69. The van der Waals surface area contributed by atoms with Crippen molar-refractivity contribution < 1.29 is 4.74 Å². The van der Waals surface area contributed by atoms with E-state index < -0.39 is 0 Å². The zero-order chi connectivity index (χ0) is 14.5. The van der Waals surface area contributed by atoms with Gasteiger partial charge in [-0.2, -0.15) is 5.26 Å². The topological polar surface area (TPSA) is 59.0 Å². The van der Waals surface area contributed by atoms with E-state index in [-0.39, 0.29) is 5.92 Å². The molecule has 0 aromatic heterocycles. The number of nitrogens with two attached hydrogens (primary N) is 1. The fourth-order valence-electron chi connectivity index (χ4n) is 2.28. The summed E-state index contributed by atoms with van der Waals surface area (Å²) in [5, 5.41) is 9.48. The zero-order valence-electron chi connectivity index (χ0n) is 11.8. The lowest BCUT2D eigenvalue weighted by molar-refractivity contribution is 0.410. The molecule has 1 atom stereocenters. The van der Waals surface area contributed by atoms with Gasteiger partial charge < -0.3 is 10.5 Å². The molecule has 20 heavy (non-hydrogen) atoms. The SMILES string of the molecule is CCc1cc(C(C#N)c2ccc(N)cc2)ccc1OC. The minimum Gasteiger partial charge on any atom is -0.496 e. The molecule has 0 aliphatic rings. The molecule has 2 rings (SSSR count). The number of methoxy groups -OCH3 is 1. The number of nitrogen functional groups attached to an aromatic ring is 1. The number of nitrogens with zero attached hydrogens (tertiary/aromatic N) is 1. The largest absolute Gasteiger partial charge is 0.496 e. The second-order valence-electron chi connectivity index (χ2n) is 4.65. The average molecular weight is 266 g/mol. The van der Waals surface area contributed by atoms with Crippen LogP contribution in [0.5, 0.6) is 5.75 Å². The van der Waals surface area contributed by atoms with Gasteiger partial charge in [-0.3, -0.25) is 0 Å².